The summed E-state index contributed by atoms with van der Waals surface area (Å²) in [6, 6.07) is 17.9. The number of ether oxygens (including phenoxy) is 1. The van der Waals surface area contributed by atoms with Gasteiger partial charge in [-0.05, 0) is 67.6 Å². The van der Waals surface area contributed by atoms with Gasteiger partial charge in [-0.15, -0.1) is 0 Å². The fourth-order valence-electron chi connectivity index (χ4n) is 2.89. The molecule has 35 heavy (non-hydrogen) atoms. The second kappa shape index (κ2) is 10.9. The Morgan fingerprint density at radius 1 is 1.03 bits per heavy atom. The Morgan fingerprint density at radius 2 is 1.69 bits per heavy atom. The number of nitrogens with one attached hydrogen (secondary N) is 1. The number of rotatable bonds is 7. The number of amides is 1. The summed E-state index contributed by atoms with van der Waals surface area (Å²) in [7, 11) is -2.93. The maximum absolute atomic E-state index is 12.7. The zero-order valence-corrected chi connectivity index (χ0v) is 20.2. The monoisotopic (exact) mass is 510 g/mol. The van der Waals surface area contributed by atoms with E-state index in [1.54, 1.807) is 18.2 Å². The second-order valence-corrected chi connectivity index (χ2v) is 9.21. The first-order chi connectivity index (χ1) is 16.6. The average Bonchev–Trinajstić information content (AvgIpc) is 2.84. The Bertz CT molecular complexity index is 1440. The lowest BCUT2D eigenvalue weighted by Gasteiger charge is -2.11. The van der Waals surface area contributed by atoms with E-state index in [0.29, 0.717) is 5.69 Å². The Kier molecular flexibility index (Phi) is 7.91. The predicted molar refractivity (Wildman–Crippen MR) is 130 cm³/mol. The van der Waals surface area contributed by atoms with Gasteiger partial charge in [0.2, 0.25) is 0 Å². The zero-order chi connectivity index (χ0) is 25.6. The molecule has 0 saturated heterocycles. The first kappa shape index (κ1) is 25.5. The van der Waals surface area contributed by atoms with E-state index in [2.05, 4.69) is 10.1 Å². The maximum atomic E-state index is 12.7. The molecule has 0 aliphatic rings. The van der Waals surface area contributed by atoms with Crippen LogP contribution in [0.3, 0.4) is 0 Å². The first-order valence-corrected chi connectivity index (χ1v) is 11.8. The molecule has 0 fully saturated rings. The van der Waals surface area contributed by atoms with Gasteiger partial charge in [0.15, 0.2) is 0 Å². The summed E-state index contributed by atoms with van der Waals surface area (Å²) in [4.78, 5) is 24.2. The van der Waals surface area contributed by atoms with E-state index in [9.17, 15) is 23.3 Å². The predicted octanol–water partition coefficient (Wildman–Crippen LogP) is 4.75. The smallest absolute Gasteiger partial charge is 0.339 e. The number of benzene rings is 3. The van der Waals surface area contributed by atoms with Crippen LogP contribution < -0.4 is 9.50 Å². The molecule has 1 N–H and O–H groups in total. The molecule has 3 aromatic rings. The summed E-state index contributed by atoms with van der Waals surface area (Å²) in [6.45, 7) is 1.82. The molecule has 1 amide bonds. The third-order valence-corrected chi connectivity index (χ3v) is 6.19. The summed E-state index contributed by atoms with van der Waals surface area (Å²) >= 11 is 6.06. The minimum atomic E-state index is -4.18. The van der Waals surface area contributed by atoms with Crippen LogP contribution in [-0.4, -0.2) is 27.4 Å². The van der Waals surface area contributed by atoms with E-state index in [0.717, 1.165) is 5.56 Å². The van der Waals surface area contributed by atoms with Crippen LogP contribution in [0.4, 0.5) is 5.69 Å². The molecule has 3 aromatic carbocycles. The summed E-state index contributed by atoms with van der Waals surface area (Å²) in [6.07, 6.45) is 1.17. The Labute approximate surface area is 207 Å². The van der Waals surface area contributed by atoms with Crippen molar-refractivity contribution < 1.29 is 26.9 Å². The highest BCUT2D eigenvalue weighted by Gasteiger charge is 2.19. The number of hydrogen-bond donors (Lipinski definition) is 1. The molecule has 3 rings (SSSR count). The number of halogens is 1. The van der Waals surface area contributed by atoms with Gasteiger partial charge < -0.3 is 14.2 Å². The molecule has 0 radical (unpaired) electrons. The van der Waals surface area contributed by atoms with E-state index in [-0.39, 0.29) is 32.4 Å². The van der Waals surface area contributed by atoms with Crippen LogP contribution in [0, 0.1) is 18.3 Å². The second-order valence-electron chi connectivity index (χ2n) is 7.23. The molecule has 178 valence electrons. The van der Waals surface area contributed by atoms with Crippen LogP contribution in [0.15, 0.2) is 77.2 Å². The van der Waals surface area contributed by atoms with Crippen molar-refractivity contribution in [1.29, 1.82) is 5.26 Å². The van der Waals surface area contributed by atoms with Gasteiger partial charge >= 0.3 is 16.1 Å². The summed E-state index contributed by atoms with van der Waals surface area (Å²) in [5.41, 5.74) is 1.27. The van der Waals surface area contributed by atoms with Crippen LogP contribution in [0.1, 0.15) is 21.5 Å². The lowest BCUT2D eigenvalue weighted by Crippen LogP contribution is -2.14. The number of nitriles is 1. The molecule has 10 heteroatoms. The zero-order valence-electron chi connectivity index (χ0n) is 18.6. The van der Waals surface area contributed by atoms with Crippen molar-refractivity contribution in [3.05, 3.63) is 94.0 Å². The van der Waals surface area contributed by atoms with Crippen LogP contribution in [-0.2, 0) is 19.6 Å². The minimum absolute atomic E-state index is 0.0540. The number of aryl methyl sites for hydroxylation is 1. The number of nitrogens with zero attached hydrogens (tertiary/aromatic N) is 1. The average molecular weight is 511 g/mol. The van der Waals surface area contributed by atoms with Crippen molar-refractivity contribution in [2.24, 2.45) is 0 Å². The Morgan fingerprint density at radius 3 is 2.29 bits per heavy atom. The van der Waals surface area contributed by atoms with Gasteiger partial charge in [-0.3, -0.25) is 4.79 Å². The van der Waals surface area contributed by atoms with Crippen molar-refractivity contribution in [3.63, 3.8) is 0 Å². The standard InChI is InChI=1S/C25H19ClN2O6S/c1-16-3-10-22(11-4-16)35(31,32)34-23-12-7-20(26)14-18(23)13-19(15-27)24(29)28-21-8-5-17(6-9-21)25(30)33-2/h3-14H,1-2H3,(H,28,29)/b19-13+. The third kappa shape index (κ3) is 6.47. The molecule has 0 heterocycles. The number of esters is 1. The molecule has 0 saturated carbocycles. The molecular formula is C25H19ClN2O6S. The van der Waals surface area contributed by atoms with Gasteiger partial charge in [0.05, 0.1) is 12.7 Å². The van der Waals surface area contributed by atoms with Gasteiger partial charge in [0.1, 0.15) is 22.3 Å². The fraction of sp³-hybridized carbons (Fsp3) is 0.0800. The molecule has 0 aliphatic carbocycles. The maximum Gasteiger partial charge on any atom is 0.339 e. The Balaban J connectivity index is 1.88. The molecule has 0 aliphatic heterocycles. The molecule has 0 spiro atoms. The molecule has 0 aromatic heterocycles. The SMILES string of the molecule is COC(=O)c1ccc(NC(=O)/C(C#N)=C/c2cc(Cl)ccc2OS(=O)(=O)c2ccc(C)cc2)cc1. The van der Waals surface area contributed by atoms with Crippen molar-refractivity contribution >= 4 is 45.4 Å². The van der Waals surface area contributed by atoms with Gasteiger partial charge in [-0.25, -0.2) is 4.79 Å². The van der Waals surface area contributed by atoms with Gasteiger partial charge in [0.25, 0.3) is 5.91 Å². The summed E-state index contributed by atoms with van der Waals surface area (Å²) < 4.78 is 35.4. The lowest BCUT2D eigenvalue weighted by molar-refractivity contribution is -0.112. The van der Waals surface area contributed by atoms with Gasteiger partial charge in [-0.1, -0.05) is 29.3 Å². The number of carbonyl (C=O) groups excluding carboxylic acids is 2. The van der Waals surface area contributed by atoms with Gasteiger partial charge in [0, 0.05) is 16.3 Å². The lowest BCUT2D eigenvalue weighted by atomic mass is 10.1. The fourth-order valence-corrected chi connectivity index (χ4v) is 4.02. The van der Waals surface area contributed by atoms with Crippen molar-refractivity contribution in [1.82, 2.24) is 0 Å². The molecule has 8 nitrogen and oxygen atoms in total. The van der Waals surface area contributed by atoms with Crippen molar-refractivity contribution in [2.75, 3.05) is 12.4 Å². The Hall–Kier alpha value is -4.13. The number of carbonyl (C=O) groups is 2. The summed E-state index contributed by atoms with van der Waals surface area (Å²) in [5, 5.41) is 12.3. The van der Waals surface area contributed by atoms with E-state index in [1.165, 1.54) is 67.8 Å². The van der Waals surface area contributed by atoms with Crippen molar-refractivity contribution in [2.45, 2.75) is 11.8 Å². The first-order valence-electron chi connectivity index (χ1n) is 10.0. The molecule has 0 bridgehead atoms. The highest BCUT2D eigenvalue weighted by molar-refractivity contribution is 7.87. The summed E-state index contributed by atoms with van der Waals surface area (Å²) in [5.74, 6) is -1.40. The topological polar surface area (TPSA) is 123 Å². The molecular weight excluding hydrogens is 492 g/mol. The van der Waals surface area contributed by atoms with Gasteiger partial charge in [-0.2, -0.15) is 13.7 Å². The molecule has 0 unspecified atom stereocenters. The molecule has 0 atom stereocenters. The number of hydrogen-bond acceptors (Lipinski definition) is 7. The number of methoxy groups -OCH3 is 1. The van der Waals surface area contributed by atoms with E-state index < -0.39 is 22.0 Å². The van der Waals surface area contributed by atoms with Crippen LogP contribution in [0.5, 0.6) is 5.75 Å². The van der Waals surface area contributed by atoms with E-state index in [4.69, 9.17) is 15.8 Å². The minimum Gasteiger partial charge on any atom is -0.465 e. The van der Waals surface area contributed by atoms with Crippen LogP contribution in [0.25, 0.3) is 6.08 Å². The van der Waals surface area contributed by atoms with E-state index in [1.807, 2.05) is 6.92 Å². The largest absolute Gasteiger partial charge is 0.465 e. The van der Waals surface area contributed by atoms with E-state index >= 15 is 0 Å². The quantitative estimate of drug-likeness (QED) is 0.210. The number of anilines is 1. The normalized spacial score (nSPS) is 11.3. The van der Waals surface area contributed by atoms with Crippen LogP contribution >= 0.6 is 11.6 Å². The van der Waals surface area contributed by atoms with Crippen molar-refractivity contribution in [3.8, 4) is 11.8 Å². The highest BCUT2D eigenvalue weighted by Crippen LogP contribution is 2.28. The highest BCUT2D eigenvalue weighted by atomic mass is 35.5. The third-order valence-electron chi connectivity index (χ3n) is 4.71. The van der Waals surface area contributed by atoms with Crippen LogP contribution in [0.2, 0.25) is 5.02 Å².